The molecule has 2 N–H and O–H groups in total. The molecule has 1 fully saturated rings. The molecule has 0 aliphatic heterocycles. The first-order chi connectivity index (χ1) is 13.1. The molecule has 1 amide bonds. The van der Waals surface area contributed by atoms with Gasteiger partial charge in [0.25, 0.3) is 5.91 Å². The maximum Gasteiger partial charge on any atom is 0.274 e. The number of nitrogens with zero attached hydrogens (tertiary/aromatic N) is 2. The van der Waals surface area contributed by atoms with E-state index in [2.05, 4.69) is 15.4 Å². The molecule has 0 bridgehead atoms. The second-order valence-corrected chi connectivity index (χ2v) is 7.09. The number of anilines is 1. The fraction of sp³-hybridized carbons (Fsp3) is 0.350. The van der Waals surface area contributed by atoms with Crippen LogP contribution in [0.5, 0.6) is 0 Å². The third kappa shape index (κ3) is 3.77. The Kier molecular flexibility index (Phi) is 4.75. The molecule has 27 heavy (non-hydrogen) atoms. The predicted octanol–water partition coefficient (Wildman–Crippen LogP) is 3.70. The highest BCUT2D eigenvalue weighted by Gasteiger charge is 2.22. The van der Waals surface area contributed by atoms with Gasteiger partial charge < -0.3 is 10.3 Å². The number of H-pyrrole nitrogens is 1. The molecule has 2 aromatic heterocycles. The van der Waals surface area contributed by atoms with Crippen LogP contribution >= 0.6 is 0 Å². The SMILES string of the molecule is O=C(Nc1cc[nH]c(=O)c1)c1c2ccc(F)cc2nn1CC1CCCCC1. The van der Waals surface area contributed by atoms with E-state index in [9.17, 15) is 14.0 Å². The van der Waals surface area contributed by atoms with Crippen LogP contribution in [-0.4, -0.2) is 20.7 Å². The van der Waals surface area contributed by atoms with E-state index in [0.717, 1.165) is 12.8 Å². The van der Waals surface area contributed by atoms with Crippen LogP contribution in [0.1, 0.15) is 42.6 Å². The summed E-state index contributed by atoms with van der Waals surface area (Å²) >= 11 is 0. The zero-order chi connectivity index (χ0) is 18.8. The number of nitrogens with one attached hydrogen (secondary N) is 2. The molecule has 0 radical (unpaired) electrons. The van der Waals surface area contributed by atoms with E-state index in [4.69, 9.17) is 0 Å². The van der Waals surface area contributed by atoms with Crippen molar-refractivity contribution < 1.29 is 9.18 Å². The number of amides is 1. The lowest BCUT2D eigenvalue weighted by molar-refractivity contribution is 0.101. The number of aromatic amines is 1. The van der Waals surface area contributed by atoms with Crippen LogP contribution < -0.4 is 10.9 Å². The zero-order valence-corrected chi connectivity index (χ0v) is 14.9. The number of hydrogen-bond donors (Lipinski definition) is 2. The summed E-state index contributed by atoms with van der Waals surface area (Å²) in [6.07, 6.45) is 7.33. The van der Waals surface area contributed by atoms with Gasteiger partial charge in [-0.15, -0.1) is 0 Å². The number of fused-ring (bicyclic) bond motifs is 1. The minimum absolute atomic E-state index is 0.296. The highest BCUT2D eigenvalue weighted by Crippen LogP contribution is 2.27. The highest BCUT2D eigenvalue weighted by atomic mass is 19.1. The Morgan fingerprint density at radius 3 is 2.81 bits per heavy atom. The summed E-state index contributed by atoms with van der Waals surface area (Å²) in [5, 5.41) is 7.86. The van der Waals surface area contributed by atoms with Crippen LogP contribution in [0.4, 0.5) is 10.1 Å². The largest absolute Gasteiger partial charge is 0.329 e. The Bertz CT molecular complexity index is 1030. The molecule has 2 heterocycles. The van der Waals surface area contributed by atoms with Crippen LogP contribution in [0.15, 0.2) is 41.3 Å². The summed E-state index contributed by atoms with van der Waals surface area (Å²) < 4.78 is 15.3. The fourth-order valence-corrected chi connectivity index (χ4v) is 3.81. The smallest absolute Gasteiger partial charge is 0.274 e. The van der Waals surface area contributed by atoms with Gasteiger partial charge in [-0.2, -0.15) is 5.10 Å². The van der Waals surface area contributed by atoms with Crippen LogP contribution in [0.3, 0.4) is 0 Å². The Hall–Kier alpha value is -2.96. The molecule has 1 aliphatic rings. The highest BCUT2D eigenvalue weighted by molar-refractivity contribution is 6.11. The summed E-state index contributed by atoms with van der Waals surface area (Å²) in [6.45, 7) is 0.633. The fourth-order valence-electron chi connectivity index (χ4n) is 3.81. The number of aromatic nitrogens is 3. The van der Waals surface area contributed by atoms with Gasteiger partial charge in [0.2, 0.25) is 5.56 Å². The predicted molar refractivity (Wildman–Crippen MR) is 101 cm³/mol. The van der Waals surface area contributed by atoms with E-state index in [-0.39, 0.29) is 17.3 Å². The normalized spacial score (nSPS) is 15.1. The molecular weight excluding hydrogens is 347 g/mol. The zero-order valence-electron chi connectivity index (χ0n) is 14.9. The molecule has 140 valence electrons. The van der Waals surface area contributed by atoms with Crippen molar-refractivity contribution in [2.75, 3.05) is 5.32 Å². The third-order valence-electron chi connectivity index (χ3n) is 5.11. The van der Waals surface area contributed by atoms with E-state index in [1.807, 2.05) is 0 Å². The van der Waals surface area contributed by atoms with Crippen molar-refractivity contribution in [1.82, 2.24) is 14.8 Å². The van der Waals surface area contributed by atoms with Crippen molar-refractivity contribution >= 4 is 22.5 Å². The van der Waals surface area contributed by atoms with Crippen molar-refractivity contribution in [2.45, 2.75) is 38.6 Å². The number of benzene rings is 1. The molecule has 7 heteroatoms. The first-order valence-corrected chi connectivity index (χ1v) is 9.26. The number of pyridine rings is 1. The first-order valence-electron chi connectivity index (χ1n) is 9.26. The van der Waals surface area contributed by atoms with Crippen LogP contribution in [0, 0.1) is 11.7 Å². The van der Waals surface area contributed by atoms with Crippen LogP contribution in [0.25, 0.3) is 10.9 Å². The Labute approximate surface area is 155 Å². The summed E-state index contributed by atoms with van der Waals surface area (Å²) in [5.74, 6) is -0.277. The molecule has 3 aromatic rings. The lowest BCUT2D eigenvalue weighted by atomic mass is 9.89. The number of carbonyl (C=O) groups excluding carboxylic acids is 1. The molecule has 0 saturated heterocycles. The Morgan fingerprint density at radius 1 is 1.22 bits per heavy atom. The molecule has 4 rings (SSSR count). The second kappa shape index (κ2) is 7.34. The lowest BCUT2D eigenvalue weighted by Crippen LogP contribution is -2.22. The van der Waals surface area contributed by atoms with Crippen molar-refractivity contribution in [3.63, 3.8) is 0 Å². The minimum Gasteiger partial charge on any atom is -0.329 e. The van der Waals surface area contributed by atoms with E-state index in [1.54, 1.807) is 16.8 Å². The average Bonchev–Trinajstić information content (AvgIpc) is 2.99. The van der Waals surface area contributed by atoms with Gasteiger partial charge in [0.05, 0.1) is 5.52 Å². The molecule has 1 saturated carbocycles. The van der Waals surface area contributed by atoms with Gasteiger partial charge in [-0.1, -0.05) is 19.3 Å². The molecule has 0 unspecified atom stereocenters. The summed E-state index contributed by atoms with van der Waals surface area (Å²) in [5.41, 5.74) is 0.970. The van der Waals surface area contributed by atoms with Crippen LogP contribution in [0.2, 0.25) is 0 Å². The van der Waals surface area contributed by atoms with E-state index in [0.29, 0.717) is 34.7 Å². The average molecular weight is 368 g/mol. The Morgan fingerprint density at radius 2 is 2.04 bits per heavy atom. The third-order valence-corrected chi connectivity index (χ3v) is 5.11. The molecule has 1 aromatic carbocycles. The lowest BCUT2D eigenvalue weighted by Gasteiger charge is -2.22. The monoisotopic (exact) mass is 368 g/mol. The van der Waals surface area contributed by atoms with Crippen molar-refractivity contribution in [3.8, 4) is 0 Å². The second-order valence-electron chi connectivity index (χ2n) is 7.09. The number of halogens is 1. The molecule has 0 atom stereocenters. The standard InChI is InChI=1S/C20H21FN4O2/c21-14-6-7-16-17(10-14)24-25(12-13-4-2-1-3-5-13)19(16)20(27)23-15-8-9-22-18(26)11-15/h6-11,13H,1-5,12H2,(H2,22,23,26,27). The van der Waals surface area contributed by atoms with E-state index in [1.165, 1.54) is 43.7 Å². The van der Waals surface area contributed by atoms with Crippen molar-refractivity contribution in [2.24, 2.45) is 5.92 Å². The van der Waals surface area contributed by atoms with Gasteiger partial charge in [-0.25, -0.2) is 4.39 Å². The van der Waals surface area contributed by atoms with E-state index >= 15 is 0 Å². The van der Waals surface area contributed by atoms with Gasteiger partial charge in [-0.3, -0.25) is 14.3 Å². The van der Waals surface area contributed by atoms with Gasteiger partial charge in [0.1, 0.15) is 11.5 Å². The minimum atomic E-state index is -0.383. The van der Waals surface area contributed by atoms with E-state index < -0.39 is 0 Å². The number of hydrogen-bond acceptors (Lipinski definition) is 3. The molecular formula is C20H21FN4O2. The maximum absolute atomic E-state index is 13.6. The molecule has 1 aliphatic carbocycles. The van der Waals surface area contributed by atoms with Gasteiger partial charge in [0.15, 0.2) is 0 Å². The molecule has 6 nitrogen and oxygen atoms in total. The van der Waals surface area contributed by atoms with Crippen molar-refractivity contribution in [1.29, 1.82) is 0 Å². The quantitative estimate of drug-likeness (QED) is 0.737. The molecule has 0 spiro atoms. The topological polar surface area (TPSA) is 79.8 Å². The van der Waals surface area contributed by atoms with Crippen LogP contribution in [-0.2, 0) is 6.54 Å². The number of rotatable bonds is 4. The summed E-state index contributed by atoms with van der Waals surface area (Å²) in [7, 11) is 0. The van der Waals surface area contributed by atoms with Gasteiger partial charge in [0, 0.05) is 35.9 Å². The van der Waals surface area contributed by atoms with Gasteiger partial charge in [-0.05, 0) is 37.0 Å². The Balaban J connectivity index is 1.70. The number of carbonyl (C=O) groups is 1. The summed E-state index contributed by atoms with van der Waals surface area (Å²) in [6, 6.07) is 7.20. The maximum atomic E-state index is 13.6. The summed E-state index contributed by atoms with van der Waals surface area (Å²) in [4.78, 5) is 27.0. The van der Waals surface area contributed by atoms with Gasteiger partial charge >= 0.3 is 0 Å². The first kappa shape index (κ1) is 17.5. The van der Waals surface area contributed by atoms with Crippen molar-refractivity contribution in [3.05, 3.63) is 58.4 Å².